The molecule has 0 saturated heterocycles. The van der Waals surface area contributed by atoms with Gasteiger partial charge >= 0.3 is 0 Å². The van der Waals surface area contributed by atoms with Gasteiger partial charge in [-0.1, -0.05) is 49.6 Å². The van der Waals surface area contributed by atoms with E-state index in [1.165, 1.54) is 0 Å². The highest BCUT2D eigenvalue weighted by atomic mass is 14.9. The molecule has 0 unspecified atom stereocenters. The van der Waals surface area contributed by atoms with Crippen molar-refractivity contribution in [2.24, 2.45) is 5.73 Å². The van der Waals surface area contributed by atoms with Crippen LogP contribution in [-0.2, 0) is 0 Å². The first-order valence-electron chi connectivity index (χ1n) is 6.98. The minimum atomic E-state index is 0.492. The van der Waals surface area contributed by atoms with Gasteiger partial charge in [-0.3, -0.25) is 0 Å². The van der Waals surface area contributed by atoms with Crippen LogP contribution in [0, 0.1) is 0 Å². The average Bonchev–Trinajstić information content (AvgIpc) is 2.96. The highest BCUT2D eigenvalue weighted by molar-refractivity contribution is 5.88. The Morgan fingerprint density at radius 2 is 1.55 bits per heavy atom. The molecule has 2 nitrogen and oxygen atoms in total. The summed E-state index contributed by atoms with van der Waals surface area (Å²) in [5, 5.41) is 0. The van der Waals surface area contributed by atoms with Crippen molar-refractivity contribution < 1.29 is 0 Å². The van der Waals surface area contributed by atoms with E-state index in [-0.39, 0.29) is 0 Å². The van der Waals surface area contributed by atoms with Gasteiger partial charge in [-0.2, -0.15) is 0 Å². The molecule has 0 bridgehead atoms. The summed E-state index contributed by atoms with van der Waals surface area (Å²) in [7, 11) is 0. The molecule has 2 N–H and O–H groups in total. The molecule has 0 aliphatic heterocycles. The molecular weight excluding hydrogens is 268 g/mol. The molecule has 2 heteroatoms. The van der Waals surface area contributed by atoms with Crippen LogP contribution in [0.1, 0.15) is 5.69 Å². The highest BCUT2D eigenvalue weighted by Crippen LogP contribution is 2.33. The topological polar surface area (TPSA) is 30.4 Å². The Balaban J connectivity index is 0.000000847. The predicted octanol–water partition coefficient (Wildman–Crippen LogP) is 4.89. The van der Waals surface area contributed by atoms with Gasteiger partial charge in [0.15, 0.2) is 0 Å². The van der Waals surface area contributed by atoms with Crippen molar-refractivity contribution in [3.63, 3.8) is 0 Å². The maximum absolute atomic E-state index is 5.86. The van der Waals surface area contributed by atoms with E-state index in [9.17, 15) is 0 Å². The second kappa shape index (κ2) is 6.64. The summed E-state index contributed by atoms with van der Waals surface area (Å²) < 4.78 is 2.10. The molecule has 0 amide bonds. The van der Waals surface area contributed by atoms with Crippen LogP contribution in [-0.4, -0.2) is 4.40 Å². The quantitative estimate of drug-likeness (QED) is 0.539. The fraction of sp³-hybridized carbons (Fsp3) is 0. The lowest BCUT2D eigenvalue weighted by Crippen LogP contribution is -2.01. The van der Waals surface area contributed by atoms with E-state index in [0.717, 1.165) is 27.9 Å². The van der Waals surface area contributed by atoms with Crippen LogP contribution in [0.2, 0.25) is 0 Å². The van der Waals surface area contributed by atoms with Crippen molar-refractivity contribution in [1.29, 1.82) is 0 Å². The Labute approximate surface area is 131 Å². The molecule has 1 aromatic carbocycles. The summed E-state index contributed by atoms with van der Waals surface area (Å²) in [4.78, 5) is 0. The average molecular weight is 288 g/mol. The van der Waals surface area contributed by atoms with Crippen molar-refractivity contribution in [3.8, 4) is 11.1 Å². The van der Waals surface area contributed by atoms with Crippen molar-refractivity contribution in [3.05, 3.63) is 98.5 Å². The molecule has 0 fully saturated rings. The van der Waals surface area contributed by atoms with Crippen LogP contribution < -0.4 is 5.73 Å². The number of hydrogen-bond acceptors (Lipinski definition) is 1. The van der Waals surface area contributed by atoms with Gasteiger partial charge in [0.1, 0.15) is 0 Å². The molecule has 2 heterocycles. The molecule has 110 valence electrons. The number of fused-ring (bicyclic) bond motifs is 1. The molecule has 0 radical (unpaired) electrons. The SMILES string of the molecule is C=C.C=C(N)C(=C)c1c(-c2ccccc2)cc2ccccn12. The van der Waals surface area contributed by atoms with Gasteiger partial charge in [0.25, 0.3) is 0 Å². The van der Waals surface area contributed by atoms with Gasteiger partial charge in [0, 0.05) is 28.5 Å². The first kappa shape index (κ1) is 15.4. The molecule has 0 spiro atoms. The zero-order valence-electron chi connectivity index (χ0n) is 12.6. The molecule has 0 saturated carbocycles. The third-order valence-corrected chi connectivity index (χ3v) is 3.44. The van der Waals surface area contributed by atoms with E-state index in [0.29, 0.717) is 5.70 Å². The van der Waals surface area contributed by atoms with E-state index in [1.54, 1.807) is 0 Å². The molecule has 2 aromatic heterocycles. The van der Waals surface area contributed by atoms with Crippen LogP contribution in [0.5, 0.6) is 0 Å². The molecule has 22 heavy (non-hydrogen) atoms. The van der Waals surface area contributed by atoms with Gasteiger partial charge in [-0.15, -0.1) is 13.2 Å². The summed E-state index contributed by atoms with van der Waals surface area (Å²) in [5.41, 5.74) is 11.5. The number of benzene rings is 1. The number of nitrogens with zero attached hydrogens (tertiary/aromatic N) is 1. The standard InChI is InChI=1S/C18H16N2.C2H4/c1-13(14(2)19)18-17(15-8-4-3-5-9-15)12-16-10-6-7-11-20(16)18;1-2/h3-12H,1-2,19H2;1-2H2. The number of aromatic nitrogens is 1. The lowest BCUT2D eigenvalue weighted by atomic mass is 10.0. The van der Waals surface area contributed by atoms with Crippen LogP contribution in [0.25, 0.3) is 22.2 Å². The van der Waals surface area contributed by atoms with Crippen molar-refractivity contribution >= 4 is 11.1 Å². The summed E-state index contributed by atoms with van der Waals surface area (Å²) in [6.07, 6.45) is 2.02. The number of allylic oxidation sites excluding steroid dienone is 1. The normalized spacial score (nSPS) is 9.82. The summed E-state index contributed by atoms with van der Waals surface area (Å²) in [6.45, 7) is 13.9. The Bertz CT molecular complexity index is 810. The van der Waals surface area contributed by atoms with E-state index >= 15 is 0 Å². The molecule has 0 aliphatic rings. The zero-order valence-corrected chi connectivity index (χ0v) is 12.6. The Hall–Kier alpha value is -3.00. The van der Waals surface area contributed by atoms with Gasteiger partial charge < -0.3 is 10.1 Å². The summed E-state index contributed by atoms with van der Waals surface area (Å²) in [5.74, 6) is 0. The lowest BCUT2D eigenvalue weighted by Gasteiger charge is -2.09. The van der Waals surface area contributed by atoms with E-state index in [2.05, 4.69) is 55.0 Å². The summed E-state index contributed by atoms with van der Waals surface area (Å²) >= 11 is 0. The highest BCUT2D eigenvalue weighted by Gasteiger charge is 2.14. The first-order valence-corrected chi connectivity index (χ1v) is 6.98. The Morgan fingerprint density at radius 1 is 0.909 bits per heavy atom. The Morgan fingerprint density at radius 3 is 2.18 bits per heavy atom. The molecule has 3 aromatic rings. The fourth-order valence-corrected chi connectivity index (χ4v) is 2.42. The van der Waals surface area contributed by atoms with E-state index in [4.69, 9.17) is 5.73 Å². The minimum Gasteiger partial charge on any atom is -0.399 e. The number of nitrogens with two attached hydrogens (primary N) is 1. The summed E-state index contributed by atoms with van der Waals surface area (Å²) in [6, 6.07) is 18.5. The monoisotopic (exact) mass is 288 g/mol. The molecule has 3 rings (SSSR count). The first-order chi connectivity index (χ1) is 10.7. The van der Waals surface area contributed by atoms with Crippen molar-refractivity contribution in [2.45, 2.75) is 0 Å². The Kier molecular flexibility index (Phi) is 4.64. The van der Waals surface area contributed by atoms with Gasteiger partial charge in [0.05, 0.1) is 5.69 Å². The maximum atomic E-state index is 5.86. The van der Waals surface area contributed by atoms with Crippen LogP contribution in [0.15, 0.2) is 92.8 Å². The third kappa shape index (κ3) is 2.72. The van der Waals surface area contributed by atoms with Crippen LogP contribution >= 0.6 is 0 Å². The largest absolute Gasteiger partial charge is 0.399 e. The van der Waals surface area contributed by atoms with E-state index < -0.39 is 0 Å². The minimum absolute atomic E-state index is 0.492. The number of pyridine rings is 1. The maximum Gasteiger partial charge on any atom is 0.0621 e. The number of rotatable bonds is 3. The fourth-order valence-electron chi connectivity index (χ4n) is 2.42. The van der Waals surface area contributed by atoms with E-state index in [1.807, 2.05) is 36.5 Å². The van der Waals surface area contributed by atoms with Gasteiger partial charge in [-0.25, -0.2) is 0 Å². The number of hydrogen-bond donors (Lipinski definition) is 1. The van der Waals surface area contributed by atoms with Gasteiger partial charge in [0.2, 0.25) is 0 Å². The third-order valence-electron chi connectivity index (χ3n) is 3.44. The molecule has 0 aliphatic carbocycles. The smallest absolute Gasteiger partial charge is 0.0621 e. The lowest BCUT2D eigenvalue weighted by molar-refractivity contribution is 1.16. The van der Waals surface area contributed by atoms with Crippen LogP contribution in [0.3, 0.4) is 0 Å². The predicted molar refractivity (Wildman–Crippen MR) is 96.4 cm³/mol. The molecule has 0 atom stereocenters. The second-order valence-electron chi connectivity index (χ2n) is 4.77. The zero-order chi connectivity index (χ0) is 16.1. The van der Waals surface area contributed by atoms with Crippen molar-refractivity contribution in [2.75, 3.05) is 0 Å². The second-order valence-corrected chi connectivity index (χ2v) is 4.77. The van der Waals surface area contributed by atoms with Crippen molar-refractivity contribution in [1.82, 2.24) is 4.40 Å². The van der Waals surface area contributed by atoms with Gasteiger partial charge in [-0.05, 0) is 23.8 Å². The van der Waals surface area contributed by atoms with Crippen LogP contribution in [0.4, 0.5) is 0 Å². The molecular formula is C20H20N2.